The summed E-state index contributed by atoms with van der Waals surface area (Å²) in [6, 6.07) is 21.1. The van der Waals surface area contributed by atoms with Gasteiger partial charge < -0.3 is 0 Å². The molecule has 4 aromatic carbocycles. The normalized spacial score (nSPS) is 10.7. The average molecular weight is 510 g/mol. The molecule has 0 aliphatic heterocycles. The predicted octanol–water partition coefficient (Wildman–Crippen LogP) is 8.83. The molecule has 192 valence electrons. The topological polar surface area (TPSA) is 23.8 Å². The van der Waals surface area contributed by atoms with Crippen molar-refractivity contribution in [2.75, 3.05) is 0 Å². The van der Waals surface area contributed by atoms with Crippen molar-refractivity contribution >= 4 is 10.8 Å². The number of unbranched alkanes of at least 4 members (excludes halogenated alkanes) is 4. The van der Waals surface area contributed by atoms with Crippen molar-refractivity contribution < 1.29 is 13.2 Å². The minimum atomic E-state index is -0.899. The quantitative estimate of drug-likeness (QED) is 0.163. The van der Waals surface area contributed by atoms with Crippen molar-refractivity contribution in [1.82, 2.24) is 0 Å². The summed E-state index contributed by atoms with van der Waals surface area (Å²) in [5.41, 5.74) is 3.31. The molecule has 0 radical (unpaired) electrons. The van der Waals surface area contributed by atoms with Gasteiger partial charge in [-0.2, -0.15) is 5.26 Å². The summed E-state index contributed by atoms with van der Waals surface area (Å²) >= 11 is 0. The molecule has 0 heterocycles. The second kappa shape index (κ2) is 13.0. The Morgan fingerprint density at radius 3 is 2.05 bits per heavy atom. The Labute approximate surface area is 222 Å². The van der Waals surface area contributed by atoms with Gasteiger partial charge in [0.1, 0.15) is 29.1 Å². The number of rotatable bonds is 9. The number of nitrogens with zero attached hydrogens (tertiary/aromatic N) is 1. The summed E-state index contributed by atoms with van der Waals surface area (Å²) in [5, 5.41) is 10.0. The monoisotopic (exact) mass is 509 g/mol. The standard InChI is InChI=1S/C34H30F3N/c1-2-3-4-5-6-7-24-8-10-25(11-9-24)12-13-26-15-19-30-29(20-26)18-17-28(34(30)37)16-14-27-21-32(35)31(23-38)33(36)22-27/h8-11,15,17-22H,2-7,14,16H2,1H3. The van der Waals surface area contributed by atoms with Crippen LogP contribution in [0.15, 0.2) is 66.7 Å². The van der Waals surface area contributed by atoms with E-state index in [-0.39, 0.29) is 18.7 Å². The Morgan fingerprint density at radius 2 is 1.34 bits per heavy atom. The van der Waals surface area contributed by atoms with E-state index in [0.717, 1.165) is 35.1 Å². The van der Waals surface area contributed by atoms with Crippen LogP contribution in [0.2, 0.25) is 0 Å². The molecule has 0 N–H and O–H groups in total. The first kappa shape index (κ1) is 27.0. The van der Waals surface area contributed by atoms with Crippen LogP contribution in [0.25, 0.3) is 10.8 Å². The minimum Gasteiger partial charge on any atom is -0.206 e. The van der Waals surface area contributed by atoms with Crippen molar-refractivity contribution in [3.8, 4) is 17.9 Å². The highest BCUT2D eigenvalue weighted by atomic mass is 19.1. The Kier molecular flexibility index (Phi) is 9.23. The van der Waals surface area contributed by atoms with Crippen LogP contribution >= 0.6 is 0 Å². The first-order chi connectivity index (χ1) is 18.5. The number of halogens is 3. The fraction of sp³-hybridized carbons (Fsp3) is 0.265. The van der Waals surface area contributed by atoms with Gasteiger partial charge in [0.05, 0.1) is 0 Å². The van der Waals surface area contributed by atoms with Crippen LogP contribution in [0.1, 0.15) is 72.4 Å². The van der Waals surface area contributed by atoms with Gasteiger partial charge in [-0.3, -0.25) is 0 Å². The van der Waals surface area contributed by atoms with Crippen LogP contribution in [0.5, 0.6) is 0 Å². The minimum absolute atomic E-state index is 0.253. The maximum Gasteiger partial charge on any atom is 0.144 e. The number of fused-ring (bicyclic) bond motifs is 1. The summed E-state index contributed by atoms with van der Waals surface area (Å²) in [4.78, 5) is 0. The molecular weight excluding hydrogens is 479 g/mol. The van der Waals surface area contributed by atoms with Crippen molar-refractivity contribution in [2.45, 2.75) is 58.3 Å². The molecule has 1 nitrogen and oxygen atoms in total. The fourth-order valence-electron chi connectivity index (χ4n) is 4.60. The Balaban J connectivity index is 1.41. The van der Waals surface area contributed by atoms with Gasteiger partial charge in [-0.15, -0.1) is 0 Å². The molecule has 0 unspecified atom stereocenters. The molecular formula is C34H30F3N. The second-order valence-corrected chi connectivity index (χ2v) is 9.63. The molecule has 4 rings (SSSR count). The zero-order valence-electron chi connectivity index (χ0n) is 21.6. The molecule has 0 atom stereocenters. The van der Waals surface area contributed by atoms with E-state index in [2.05, 4.69) is 30.9 Å². The lowest BCUT2D eigenvalue weighted by molar-refractivity contribution is 0.572. The molecule has 0 aromatic heterocycles. The van der Waals surface area contributed by atoms with Gasteiger partial charge >= 0.3 is 0 Å². The Hall–Kier alpha value is -4.02. The van der Waals surface area contributed by atoms with Gasteiger partial charge in [0.25, 0.3) is 0 Å². The second-order valence-electron chi connectivity index (χ2n) is 9.63. The Bertz CT molecular complexity index is 1500. The molecule has 38 heavy (non-hydrogen) atoms. The van der Waals surface area contributed by atoms with E-state index in [4.69, 9.17) is 5.26 Å². The average Bonchev–Trinajstić information content (AvgIpc) is 2.92. The SMILES string of the molecule is CCCCCCCc1ccc(C#Cc2ccc3c(F)c(CCc4cc(F)c(C#N)c(F)c4)ccc3c2)cc1. The van der Waals surface area contributed by atoms with Crippen LogP contribution in [0.4, 0.5) is 13.2 Å². The molecule has 0 saturated heterocycles. The van der Waals surface area contributed by atoms with Gasteiger partial charge in [-0.25, -0.2) is 13.2 Å². The van der Waals surface area contributed by atoms with E-state index in [1.54, 1.807) is 18.2 Å². The smallest absolute Gasteiger partial charge is 0.144 e. The van der Waals surface area contributed by atoms with Gasteiger partial charge in [-0.1, -0.05) is 74.8 Å². The highest BCUT2D eigenvalue weighted by Crippen LogP contribution is 2.24. The number of aryl methyl sites for hydroxylation is 3. The van der Waals surface area contributed by atoms with Gasteiger partial charge in [0, 0.05) is 16.5 Å². The lowest BCUT2D eigenvalue weighted by Gasteiger charge is -2.08. The van der Waals surface area contributed by atoms with E-state index in [9.17, 15) is 8.78 Å². The van der Waals surface area contributed by atoms with E-state index >= 15 is 4.39 Å². The fourth-order valence-corrected chi connectivity index (χ4v) is 4.60. The Morgan fingerprint density at radius 1 is 0.658 bits per heavy atom. The number of hydrogen-bond acceptors (Lipinski definition) is 1. The maximum absolute atomic E-state index is 15.2. The van der Waals surface area contributed by atoms with Crippen molar-refractivity contribution in [2.24, 2.45) is 0 Å². The van der Waals surface area contributed by atoms with Crippen LogP contribution in [-0.2, 0) is 19.3 Å². The summed E-state index contributed by atoms with van der Waals surface area (Å²) < 4.78 is 43.0. The molecule has 0 fully saturated rings. The molecule has 4 heteroatoms. The van der Waals surface area contributed by atoms with Gasteiger partial charge in [0.15, 0.2) is 0 Å². The maximum atomic E-state index is 15.2. The lowest BCUT2D eigenvalue weighted by atomic mass is 9.98. The van der Waals surface area contributed by atoms with Crippen LogP contribution in [-0.4, -0.2) is 0 Å². The largest absolute Gasteiger partial charge is 0.206 e. The highest BCUT2D eigenvalue weighted by Gasteiger charge is 2.12. The highest BCUT2D eigenvalue weighted by molar-refractivity contribution is 5.85. The number of nitriles is 1. The summed E-state index contributed by atoms with van der Waals surface area (Å²) in [6.45, 7) is 2.23. The van der Waals surface area contributed by atoms with Gasteiger partial charge in [-0.05, 0) is 84.2 Å². The van der Waals surface area contributed by atoms with Gasteiger partial charge in [0.2, 0.25) is 0 Å². The van der Waals surface area contributed by atoms with E-state index in [0.29, 0.717) is 16.5 Å². The molecule has 0 saturated carbocycles. The third-order valence-electron chi connectivity index (χ3n) is 6.80. The lowest BCUT2D eigenvalue weighted by Crippen LogP contribution is -1.99. The van der Waals surface area contributed by atoms with Crippen LogP contribution in [0, 0.1) is 40.6 Å². The summed E-state index contributed by atoms with van der Waals surface area (Å²) in [7, 11) is 0. The van der Waals surface area contributed by atoms with E-state index in [1.807, 2.05) is 24.3 Å². The van der Waals surface area contributed by atoms with Crippen molar-refractivity contribution in [3.05, 3.63) is 118 Å². The first-order valence-electron chi connectivity index (χ1n) is 13.2. The number of benzene rings is 4. The summed E-state index contributed by atoms with van der Waals surface area (Å²) in [5.74, 6) is 4.22. The first-order valence-corrected chi connectivity index (χ1v) is 13.2. The molecule has 0 spiro atoms. The summed E-state index contributed by atoms with van der Waals surface area (Å²) in [6.07, 6.45) is 7.99. The third kappa shape index (κ3) is 6.84. The van der Waals surface area contributed by atoms with E-state index < -0.39 is 17.2 Å². The van der Waals surface area contributed by atoms with Crippen molar-refractivity contribution in [1.29, 1.82) is 5.26 Å². The molecule has 0 aliphatic carbocycles. The van der Waals surface area contributed by atoms with Crippen LogP contribution < -0.4 is 0 Å². The number of hydrogen-bond donors (Lipinski definition) is 0. The van der Waals surface area contributed by atoms with E-state index in [1.165, 1.54) is 43.7 Å². The third-order valence-corrected chi connectivity index (χ3v) is 6.80. The van der Waals surface area contributed by atoms with Crippen LogP contribution in [0.3, 0.4) is 0 Å². The molecule has 4 aromatic rings. The predicted molar refractivity (Wildman–Crippen MR) is 147 cm³/mol. The van der Waals surface area contributed by atoms with Crippen molar-refractivity contribution in [3.63, 3.8) is 0 Å². The molecule has 0 aliphatic rings. The zero-order valence-corrected chi connectivity index (χ0v) is 21.6. The molecule has 0 amide bonds. The zero-order chi connectivity index (χ0) is 26.9. The molecule has 0 bridgehead atoms.